The third-order valence-corrected chi connectivity index (χ3v) is 3.53. The molecule has 1 aromatic heterocycles. The number of nitrogens with zero attached hydrogens (tertiary/aromatic N) is 1. The van der Waals surface area contributed by atoms with Gasteiger partial charge in [0.05, 0.1) is 12.8 Å². The van der Waals surface area contributed by atoms with Gasteiger partial charge in [0.2, 0.25) is 0 Å². The Labute approximate surface area is 136 Å². The Hall–Kier alpha value is -1.21. The van der Waals surface area contributed by atoms with Crippen LogP contribution in [0.5, 0.6) is 0 Å². The molecule has 21 heavy (non-hydrogen) atoms. The van der Waals surface area contributed by atoms with E-state index in [1.807, 2.05) is 19.9 Å². The molecule has 0 aromatic carbocycles. The summed E-state index contributed by atoms with van der Waals surface area (Å²) in [4.78, 5) is 13.2. The van der Waals surface area contributed by atoms with Crippen molar-refractivity contribution >= 4 is 35.9 Å². The zero-order valence-corrected chi connectivity index (χ0v) is 14.0. The minimum atomic E-state index is -0.868. The van der Waals surface area contributed by atoms with Gasteiger partial charge >= 0.3 is 5.97 Å². The smallest absolute Gasteiger partial charge is 0.326 e. The van der Waals surface area contributed by atoms with E-state index in [-0.39, 0.29) is 5.92 Å². The number of hydrogen-bond acceptors (Lipinski definition) is 4. The largest absolute Gasteiger partial charge is 0.480 e. The maximum Gasteiger partial charge on any atom is 0.326 e. The lowest BCUT2D eigenvalue weighted by atomic mass is 10.0. The topological polar surface area (TPSA) is 65.7 Å². The van der Waals surface area contributed by atoms with Crippen LogP contribution in [-0.4, -0.2) is 39.4 Å². The fourth-order valence-corrected chi connectivity index (χ4v) is 2.50. The SMILES string of the molecule is CC(C)CC(C(=O)O)N(CCS)C(=S)NCc1ccco1. The van der Waals surface area contributed by atoms with Gasteiger partial charge in [-0.3, -0.25) is 0 Å². The van der Waals surface area contributed by atoms with Crippen LogP contribution in [0.25, 0.3) is 0 Å². The highest BCUT2D eigenvalue weighted by molar-refractivity contribution is 7.80. The minimum absolute atomic E-state index is 0.265. The van der Waals surface area contributed by atoms with Gasteiger partial charge in [-0.1, -0.05) is 13.8 Å². The molecule has 2 N–H and O–H groups in total. The molecule has 7 heteroatoms. The number of furan rings is 1. The molecular formula is C14H22N2O3S2. The maximum atomic E-state index is 11.5. The Morgan fingerprint density at radius 1 is 1.57 bits per heavy atom. The molecule has 0 amide bonds. The average molecular weight is 330 g/mol. The molecule has 1 atom stereocenters. The molecule has 118 valence electrons. The first-order valence-corrected chi connectivity index (χ1v) is 7.90. The van der Waals surface area contributed by atoms with E-state index in [4.69, 9.17) is 16.6 Å². The lowest BCUT2D eigenvalue weighted by Crippen LogP contribution is -2.50. The van der Waals surface area contributed by atoms with Crippen LogP contribution in [0.2, 0.25) is 0 Å². The van der Waals surface area contributed by atoms with E-state index in [0.717, 1.165) is 5.76 Å². The van der Waals surface area contributed by atoms with E-state index in [0.29, 0.717) is 30.4 Å². The lowest BCUT2D eigenvalue weighted by Gasteiger charge is -2.32. The van der Waals surface area contributed by atoms with E-state index in [1.54, 1.807) is 17.2 Å². The number of hydrogen-bond donors (Lipinski definition) is 3. The Balaban J connectivity index is 2.72. The maximum absolute atomic E-state index is 11.5. The summed E-state index contributed by atoms with van der Waals surface area (Å²) in [5.41, 5.74) is 0. The molecule has 5 nitrogen and oxygen atoms in total. The summed E-state index contributed by atoms with van der Waals surface area (Å²) >= 11 is 9.53. The molecule has 0 bridgehead atoms. The second-order valence-electron chi connectivity index (χ2n) is 5.14. The first kappa shape index (κ1) is 17.8. The van der Waals surface area contributed by atoms with E-state index in [1.165, 1.54) is 0 Å². The summed E-state index contributed by atoms with van der Waals surface area (Å²) in [5, 5.41) is 12.9. The van der Waals surface area contributed by atoms with Gasteiger partial charge in [-0.2, -0.15) is 12.6 Å². The van der Waals surface area contributed by atoms with Gasteiger partial charge in [-0.25, -0.2) is 4.79 Å². The Bertz CT molecular complexity index is 449. The minimum Gasteiger partial charge on any atom is -0.480 e. The standard InChI is InChI=1S/C14H22N2O3S2/c1-10(2)8-12(13(17)18)16(5-7-20)14(21)15-9-11-4-3-6-19-11/h3-4,6,10,12,20H,5,7-9H2,1-2H3,(H,15,21)(H,17,18). The number of aliphatic carboxylic acids is 1. The molecule has 0 aliphatic heterocycles. The Morgan fingerprint density at radius 3 is 2.76 bits per heavy atom. The van der Waals surface area contributed by atoms with E-state index in [9.17, 15) is 9.90 Å². The number of thiol groups is 1. The van der Waals surface area contributed by atoms with Gasteiger partial charge in [0.1, 0.15) is 11.8 Å². The summed E-state index contributed by atoms with van der Waals surface area (Å²) in [5.74, 6) is 0.678. The van der Waals surface area contributed by atoms with Crippen molar-refractivity contribution < 1.29 is 14.3 Å². The number of thiocarbonyl (C=S) groups is 1. The molecular weight excluding hydrogens is 308 g/mol. The van der Waals surface area contributed by atoms with Crippen LogP contribution < -0.4 is 5.32 Å². The average Bonchev–Trinajstić information content (AvgIpc) is 2.92. The monoisotopic (exact) mass is 330 g/mol. The van der Waals surface area contributed by atoms with Crippen molar-refractivity contribution in [2.75, 3.05) is 12.3 Å². The van der Waals surface area contributed by atoms with Gasteiger partial charge < -0.3 is 19.7 Å². The van der Waals surface area contributed by atoms with E-state index >= 15 is 0 Å². The highest BCUT2D eigenvalue weighted by atomic mass is 32.1. The molecule has 1 unspecified atom stereocenters. The zero-order chi connectivity index (χ0) is 15.8. The summed E-state index contributed by atoms with van der Waals surface area (Å²) in [7, 11) is 0. The second-order valence-corrected chi connectivity index (χ2v) is 5.97. The van der Waals surface area contributed by atoms with Crippen molar-refractivity contribution in [3.63, 3.8) is 0 Å². The molecule has 0 spiro atoms. The molecule has 0 saturated heterocycles. The lowest BCUT2D eigenvalue weighted by molar-refractivity contribution is -0.142. The van der Waals surface area contributed by atoms with Gasteiger partial charge in [-0.15, -0.1) is 0 Å². The highest BCUT2D eigenvalue weighted by Gasteiger charge is 2.27. The van der Waals surface area contributed by atoms with Gasteiger partial charge in [0.25, 0.3) is 0 Å². The molecule has 0 aliphatic carbocycles. The van der Waals surface area contributed by atoms with Crippen LogP contribution in [0.3, 0.4) is 0 Å². The quantitative estimate of drug-likeness (QED) is 0.502. The molecule has 1 rings (SSSR count). The number of rotatable bonds is 8. The fraction of sp³-hybridized carbons (Fsp3) is 0.571. The van der Waals surface area contributed by atoms with Crippen molar-refractivity contribution in [2.24, 2.45) is 5.92 Å². The number of carboxylic acid groups (broad SMARTS) is 1. The van der Waals surface area contributed by atoms with Crippen molar-refractivity contribution in [1.29, 1.82) is 0 Å². The normalized spacial score (nSPS) is 12.2. The van der Waals surface area contributed by atoms with Crippen LogP contribution in [0.15, 0.2) is 22.8 Å². The Kier molecular flexibility index (Phi) is 7.60. The van der Waals surface area contributed by atoms with E-state index < -0.39 is 12.0 Å². The summed E-state index contributed by atoms with van der Waals surface area (Å²) in [6.07, 6.45) is 2.12. The van der Waals surface area contributed by atoms with Crippen LogP contribution in [0.4, 0.5) is 0 Å². The summed E-state index contributed by atoms with van der Waals surface area (Å²) < 4.78 is 5.22. The van der Waals surface area contributed by atoms with Gasteiger partial charge in [0.15, 0.2) is 5.11 Å². The summed E-state index contributed by atoms with van der Waals surface area (Å²) in [6.45, 7) is 4.90. The third-order valence-electron chi connectivity index (χ3n) is 2.95. The van der Waals surface area contributed by atoms with Crippen molar-refractivity contribution in [3.05, 3.63) is 24.2 Å². The zero-order valence-electron chi connectivity index (χ0n) is 12.3. The predicted octanol–water partition coefficient (Wildman–Crippen LogP) is 2.39. The number of carbonyl (C=O) groups is 1. The van der Waals surface area contributed by atoms with Gasteiger partial charge in [0, 0.05) is 12.3 Å². The Morgan fingerprint density at radius 2 is 2.29 bits per heavy atom. The van der Waals surface area contributed by atoms with Gasteiger partial charge in [-0.05, 0) is 36.7 Å². The number of carboxylic acids is 1. The van der Waals surface area contributed by atoms with E-state index in [2.05, 4.69) is 17.9 Å². The molecule has 0 fully saturated rings. The molecule has 0 aliphatic rings. The highest BCUT2D eigenvalue weighted by Crippen LogP contribution is 2.13. The van der Waals surface area contributed by atoms with Crippen LogP contribution >= 0.6 is 24.8 Å². The molecule has 0 radical (unpaired) electrons. The van der Waals surface area contributed by atoms with Crippen molar-refractivity contribution in [1.82, 2.24) is 10.2 Å². The predicted molar refractivity (Wildman–Crippen MR) is 89.6 cm³/mol. The first-order chi connectivity index (χ1) is 9.95. The first-order valence-electron chi connectivity index (χ1n) is 6.86. The molecule has 1 heterocycles. The van der Waals surface area contributed by atoms with Crippen LogP contribution in [-0.2, 0) is 11.3 Å². The third kappa shape index (κ3) is 5.97. The van der Waals surface area contributed by atoms with Crippen molar-refractivity contribution in [2.45, 2.75) is 32.9 Å². The fourth-order valence-electron chi connectivity index (χ4n) is 1.99. The number of nitrogens with one attached hydrogen (secondary N) is 1. The van der Waals surface area contributed by atoms with Crippen LogP contribution in [0.1, 0.15) is 26.0 Å². The van der Waals surface area contributed by atoms with Crippen LogP contribution in [0, 0.1) is 5.92 Å². The molecule has 0 saturated carbocycles. The summed E-state index contributed by atoms with van der Waals surface area (Å²) in [6, 6.07) is 2.99. The molecule has 1 aromatic rings. The van der Waals surface area contributed by atoms with Crippen molar-refractivity contribution in [3.8, 4) is 0 Å². The second kappa shape index (κ2) is 8.94.